The Morgan fingerprint density at radius 3 is 2.62 bits per heavy atom. The molecule has 0 aromatic carbocycles. The Labute approximate surface area is 93.3 Å². The van der Waals surface area contributed by atoms with Crippen molar-refractivity contribution in [3.05, 3.63) is 30.2 Å². The Balaban J connectivity index is 1.93. The molecule has 1 fully saturated rings. The number of nitrogens with two attached hydrogens (primary N) is 1. The van der Waals surface area contributed by atoms with Gasteiger partial charge < -0.3 is 5.73 Å². The zero-order chi connectivity index (χ0) is 11.2. The quantitative estimate of drug-likeness (QED) is 0.805. The highest BCUT2D eigenvalue weighted by Crippen LogP contribution is 2.41. The third-order valence-electron chi connectivity index (χ3n) is 2.96. The molecule has 0 amide bonds. The van der Waals surface area contributed by atoms with Crippen LogP contribution in [0, 0.1) is 0 Å². The van der Waals surface area contributed by atoms with E-state index in [-0.39, 0.29) is 5.54 Å². The van der Waals surface area contributed by atoms with Gasteiger partial charge in [0.2, 0.25) is 0 Å². The van der Waals surface area contributed by atoms with Crippen LogP contribution in [0.4, 0.5) is 0 Å². The summed E-state index contributed by atoms with van der Waals surface area (Å²) in [6.45, 7) is 0. The molecule has 1 aliphatic rings. The highest BCUT2D eigenvalue weighted by atomic mass is 15.2. The molecule has 0 unspecified atom stereocenters. The van der Waals surface area contributed by atoms with E-state index in [0.717, 1.165) is 29.8 Å². The Kier molecular flexibility index (Phi) is 1.85. The van der Waals surface area contributed by atoms with Crippen molar-refractivity contribution < 1.29 is 0 Å². The highest BCUT2D eigenvalue weighted by molar-refractivity contribution is 5.56. The first-order valence-electron chi connectivity index (χ1n) is 5.29. The summed E-state index contributed by atoms with van der Waals surface area (Å²) in [5, 5.41) is 12.5. The van der Waals surface area contributed by atoms with Gasteiger partial charge in [0.15, 0.2) is 0 Å². The molecule has 5 nitrogen and oxygen atoms in total. The van der Waals surface area contributed by atoms with Crippen molar-refractivity contribution >= 4 is 0 Å². The molecule has 16 heavy (non-hydrogen) atoms. The van der Waals surface area contributed by atoms with Crippen LogP contribution in [0.25, 0.3) is 11.3 Å². The van der Waals surface area contributed by atoms with Crippen LogP contribution in [0.5, 0.6) is 0 Å². The normalized spacial score (nSPS) is 17.4. The monoisotopic (exact) mass is 215 g/mol. The van der Waals surface area contributed by atoms with Gasteiger partial charge in [-0.25, -0.2) is 0 Å². The number of rotatable bonds is 2. The third kappa shape index (κ3) is 1.49. The molecule has 0 bridgehead atoms. The SMILES string of the molecule is Cn1cc(-c2ccc(C3(N)CC3)nn2)cn1. The molecule has 1 saturated carbocycles. The van der Waals surface area contributed by atoms with Gasteiger partial charge in [-0.05, 0) is 25.0 Å². The third-order valence-corrected chi connectivity index (χ3v) is 2.96. The van der Waals surface area contributed by atoms with E-state index in [2.05, 4.69) is 15.3 Å². The lowest BCUT2D eigenvalue weighted by atomic mass is 10.1. The summed E-state index contributed by atoms with van der Waals surface area (Å²) in [4.78, 5) is 0. The second kappa shape index (κ2) is 3.12. The van der Waals surface area contributed by atoms with E-state index in [9.17, 15) is 0 Å². The van der Waals surface area contributed by atoms with Crippen LogP contribution in [-0.2, 0) is 12.6 Å². The molecular formula is C11H13N5. The van der Waals surface area contributed by atoms with Gasteiger partial charge in [-0.1, -0.05) is 0 Å². The van der Waals surface area contributed by atoms with Crippen molar-refractivity contribution in [2.75, 3.05) is 0 Å². The summed E-state index contributed by atoms with van der Waals surface area (Å²) >= 11 is 0. The predicted molar refractivity (Wildman–Crippen MR) is 59.3 cm³/mol. The first-order chi connectivity index (χ1) is 7.67. The van der Waals surface area contributed by atoms with Crippen molar-refractivity contribution in [1.29, 1.82) is 0 Å². The van der Waals surface area contributed by atoms with E-state index in [1.54, 1.807) is 10.9 Å². The first-order valence-corrected chi connectivity index (χ1v) is 5.29. The second-order valence-corrected chi connectivity index (χ2v) is 4.36. The van der Waals surface area contributed by atoms with Crippen LogP contribution in [0.3, 0.4) is 0 Å². The predicted octanol–water partition coefficient (Wildman–Crippen LogP) is 0.825. The highest BCUT2D eigenvalue weighted by Gasteiger charge is 2.41. The van der Waals surface area contributed by atoms with Crippen LogP contribution >= 0.6 is 0 Å². The average molecular weight is 215 g/mol. The molecule has 2 heterocycles. The van der Waals surface area contributed by atoms with Crippen molar-refractivity contribution in [2.24, 2.45) is 12.8 Å². The lowest BCUT2D eigenvalue weighted by molar-refractivity contribution is 0.688. The van der Waals surface area contributed by atoms with Crippen LogP contribution in [0.15, 0.2) is 24.5 Å². The Morgan fingerprint density at radius 1 is 1.31 bits per heavy atom. The van der Waals surface area contributed by atoms with Crippen molar-refractivity contribution in [2.45, 2.75) is 18.4 Å². The van der Waals surface area contributed by atoms with Gasteiger partial charge in [0.25, 0.3) is 0 Å². The molecule has 0 spiro atoms. The summed E-state index contributed by atoms with van der Waals surface area (Å²) in [5.74, 6) is 0. The molecule has 2 N–H and O–H groups in total. The van der Waals surface area contributed by atoms with Gasteiger partial charge in [0.05, 0.1) is 23.1 Å². The Hall–Kier alpha value is -1.75. The molecule has 2 aromatic rings. The number of aromatic nitrogens is 4. The first kappa shape index (κ1) is 9.47. The minimum Gasteiger partial charge on any atom is -0.320 e. The molecule has 0 radical (unpaired) electrons. The molecule has 1 aliphatic carbocycles. The average Bonchev–Trinajstić information content (AvgIpc) is 2.89. The second-order valence-electron chi connectivity index (χ2n) is 4.36. The topological polar surface area (TPSA) is 69.6 Å². The Morgan fingerprint density at radius 2 is 2.12 bits per heavy atom. The van der Waals surface area contributed by atoms with Crippen LogP contribution < -0.4 is 5.73 Å². The minimum atomic E-state index is -0.208. The van der Waals surface area contributed by atoms with E-state index in [1.807, 2.05) is 25.4 Å². The summed E-state index contributed by atoms with van der Waals surface area (Å²) in [5.41, 5.74) is 8.53. The molecule has 0 saturated heterocycles. The van der Waals surface area contributed by atoms with E-state index in [0.29, 0.717) is 0 Å². The van der Waals surface area contributed by atoms with E-state index in [1.165, 1.54) is 0 Å². The fourth-order valence-electron chi connectivity index (χ4n) is 1.70. The van der Waals surface area contributed by atoms with Crippen LogP contribution in [0.2, 0.25) is 0 Å². The summed E-state index contributed by atoms with van der Waals surface area (Å²) < 4.78 is 1.75. The maximum Gasteiger partial charge on any atom is 0.0961 e. The molecule has 5 heteroatoms. The lowest BCUT2D eigenvalue weighted by Crippen LogP contribution is -2.20. The standard InChI is InChI=1S/C11H13N5/c1-16-7-8(6-13-16)9-2-3-10(15-14-9)11(12)4-5-11/h2-3,6-7H,4-5,12H2,1H3. The van der Waals surface area contributed by atoms with Crippen molar-refractivity contribution in [3.63, 3.8) is 0 Å². The van der Waals surface area contributed by atoms with Crippen LogP contribution in [-0.4, -0.2) is 20.0 Å². The molecule has 82 valence electrons. The zero-order valence-electron chi connectivity index (χ0n) is 9.09. The van der Waals surface area contributed by atoms with Gasteiger partial charge in [-0.15, -0.1) is 0 Å². The summed E-state index contributed by atoms with van der Waals surface area (Å²) in [6, 6.07) is 3.91. The molecular weight excluding hydrogens is 202 g/mol. The van der Waals surface area contributed by atoms with Gasteiger partial charge in [-0.2, -0.15) is 15.3 Å². The van der Waals surface area contributed by atoms with Crippen molar-refractivity contribution in [3.8, 4) is 11.3 Å². The van der Waals surface area contributed by atoms with Gasteiger partial charge in [0.1, 0.15) is 0 Å². The molecule has 2 aromatic heterocycles. The van der Waals surface area contributed by atoms with Crippen molar-refractivity contribution in [1.82, 2.24) is 20.0 Å². The lowest BCUT2D eigenvalue weighted by Gasteiger charge is -2.06. The van der Waals surface area contributed by atoms with Gasteiger partial charge in [0, 0.05) is 18.8 Å². The fraction of sp³-hybridized carbons (Fsp3) is 0.364. The summed E-state index contributed by atoms with van der Waals surface area (Å²) in [7, 11) is 1.88. The zero-order valence-corrected chi connectivity index (χ0v) is 9.09. The van der Waals surface area contributed by atoms with Gasteiger partial charge >= 0.3 is 0 Å². The molecule has 3 rings (SSSR count). The van der Waals surface area contributed by atoms with E-state index < -0.39 is 0 Å². The van der Waals surface area contributed by atoms with Crippen LogP contribution in [0.1, 0.15) is 18.5 Å². The largest absolute Gasteiger partial charge is 0.320 e. The summed E-state index contributed by atoms with van der Waals surface area (Å²) in [6.07, 6.45) is 5.71. The number of hydrogen-bond donors (Lipinski definition) is 1. The smallest absolute Gasteiger partial charge is 0.0961 e. The maximum absolute atomic E-state index is 6.04. The van der Waals surface area contributed by atoms with E-state index >= 15 is 0 Å². The number of hydrogen-bond acceptors (Lipinski definition) is 4. The Bertz CT molecular complexity index is 509. The number of nitrogens with zero attached hydrogens (tertiary/aromatic N) is 4. The fourth-order valence-corrected chi connectivity index (χ4v) is 1.70. The van der Waals surface area contributed by atoms with Gasteiger partial charge in [-0.3, -0.25) is 4.68 Å². The van der Waals surface area contributed by atoms with E-state index in [4.69, 9.17) is 5.73 Å². The molecule has 0 aliphatic heterocycles. The maximum atomic E-state index is 6.04. The molecule has 0 atom stereocenters. The number of aryl methyl sites for hydroxylation is 1. The minimum absolute atomic E-state index is 0.208.